The van der Waals surface area contributed by atoms with Gasteiger partial charge in [0.1, 0.15) is 5.01 Å². The Labute approximate surface area is 135 Å². The number of carbonyl (C=O) groups is 1. The van der Waals surface area contributed by atoms with Crippen LogP contribution in [0.4, 0.5) is 0 Å². The first-order valence-corrected chi connectivity index (χ1v) is 8.03. The molecule has 0 bridgehead atoms. The zero-order valence-corrected chi connectivity index (χ0v) is 13.2. The van der Waals surface area contributed by atoms with Gasteiger partial charge in [-0.25, -0.2) is 0 Å². The molecule has 1 aromatic carbocycles. The van der Waals surface area contributed by atoms with E-state index in [9.17, 15) is 4.79 Å². The largest absolute Gasteiger partial charge is 0.444 e. The van der Waals surface area contributed by atoms with Crippen molar-refractivity contribution in [3.8, 4) is 11.8 Å². The fourth-order valence-corrected chi connectivity index (χ4v) is 3.24. The summed E-state index contributed by atoms with van der Waals surface area (Å²) in [6, 6.07) is 12.9. The van der Waals surface area contributed by atoms with Gasteiger partial charge in [-0.3, -0.25) is 4.79 Å². The van der Waals surface area contributed by atoms with E-state index >= 15 is 0 Å². The van der Waals surface area contributed by atoms with E-state index in [1.165, 1.54) is 11.3 Å². The smallest absolute Gasteiger partial charge is 0.261 e. The predicted molar refractivity (Wildman–Crippen MR) is 86.0 cm³/mol. The van der Waals surface area contributed by atoms with E-state index in [0.29, 0.717) is 10.1 Å². The lowest BCUT2D eigenvalue weighted by molar-refractivity contribution is 0.106. The number of benzene rings is 1. The van der Waals surface area contributed by atoms with Gasteiger partial charge >= 0.3 is 0 Å². The Morgan fingerprint density at radius 1 is 1.14 bits per heavy atom. The van der Waals surface area contributed by atoms with E-state index in [-0.39, 0.29) is 10.9 Å². The molecule has 0 aliphatic carbocycles. The van der Waals surface area contributed by atoms with Crippen LogP contribution in [0.2, 0.25) is 0 Å². The Balaban J connectivity index is 1.71. The molecule has 22 heavy (non-hydrogen) atoms. The lowest BCUT2D eigenvalue weighted by atomic mass is 10.2. The Bertz CT molecular complexity index is 857. The minimum atomic E-state index is -0.205. The van der Waals surface area contributed by atoms with Gasteiger partial charge in [-0.1, -0.05) is 35.5 Å². The lowest BCUT2D eigenvalue weighted by Crippen LogP contribution is -1.89. The number of rotatable bonds is 2. The normalized spacial score (nSPS) is 10.0. The van der Waals surface area contributed by atoms with Crippen molar-refractivity contribution in [1.29, 1.82) is 0 Å². The molecule has 0 aliphatic heterocycles. The van der Waals surface area contributed by atoms with Crippen molar-refractivity contribution in [2.45, 2.75) is 11.3 Å². The average molecular weight is 326 g/mol. The summed E-state index contributed by atoms with van der Waals surface area (Å²) < 4.78 is 6.07. The maximum absolute atomic E-state index is 12.1. The van der Waals surface area contributed by atoms with E-state index in [2.05, 4.69) is 22.0 Å². The van der Waals surface area contributed by atoms with Gasteiger partial charge in [0.15, 0.2) is 15.9 Å². The molecule has 3 rings (SSSR count). The first-order valence-electron chi connectivity index (χ1n) is 6.40. The van der Waals surface area contributed by atoms with Crippen LogP contribution in [0.5, 0.6) is 0 Å². The highest BCUT2D eigenvalue weighted by Crippen LogP contribution is 2.26. The molecule has 0 spiro atoms. The molecule has 0 aliphatic rings. The Hall–Kier alpha value is -2.36. The second-order valence-corrected chi connectivity index (χ2v) is 6.66. The topological polar surface area (TPSA) is 56.0 Å². The Kier molecular flexibility index (Phi) is 4.37. The van der Waals surface area contributed by atoms with Crippen molar-refractivity contribution in [3.63, 3.8) is 0 Å². The van der Waals surface area contributed by atoms with Crippen LogP contribution < -0.4 is 0 Å². The van der Waals surface area contributed by atoms with Crippen LogP contribution in [-0.2, 0) is 0 Å². The number of furan rings is 1. The van der Waals surface area contributed by atoms with Gasteiger partial charge in [0.05, 0.1) is 0 Å². The quantitative estimate of drug-likeness (QED) is 0.530. The summed E-state index contributed by atoms with van der Waals surface area (Å²) in [5.41, 5.74) is 0.894. The number of thioether (sulfide) groups is 1. The highest BCUT2D eigenvalue weighted by atomic mass is 32.2. The van der Waals surface area contributed by atoms with Crippen LogP contribution in [0.1, 0.15) is 26.9 Å². The second-order valence-electron chi connectivity index (χ2n) is 4.26. The number of hydrogen-bond acceptors (Lipinski definition) is 6. The lowest BCUT2D eigenvalue weighted by Gasteiger charge is -1.91. The summed E-state index contributed by atoms with van der Waals surface area (Å²) in [5, 5.41) is 8.40. The summed E-state index contributed by atoms with van der Waals surface area (Å²) in [6.07, 6.45) is 0. The number of aromatic nitrogens is 2. The molecule has 0 fully saturated rings. The highest BCUT2D eigenvalue weighted by molar-refractivity contribution is 8.15. The second kappa shape index (κ2) is 6.60. The van der Waals surface area contributed by atoms with Crippen LogP contribution in [-0.4, -0.2) is 15.3 Å². The van der Waals surface area contributed by atoms with E-state index in [1.807, 2.05) is 37.3 Å². The number of aryl methyl sites for hydroxylation is 1. The van der Waals surface area contributed by atoms with Crippen LogP contribution in [0.15, 0.2) is 51.2 Å². The molecule has 4 nitrogen and oxygen atoms in total. The van der Waals surface area contributed by atoms with E-state index in [1.54, 1.807) is 12.1 Å². The van der Waals surface area contributed by atoms with Crippen LogP contribution in [0.25, 0.3) is 0 Å². The first-order chi connectivity index (χ1) is 10.7. The Morgan fingerprint density at radius 2 is 1.95 bits per heavy atom. The van der Waals surface area contributed by atoms with Crippen molar-refractivity contribution in [2.75, 3.05) is 0 Å². The summed E-state index contributed by atoms with van der Waals surface area (Å²) >= 11 is 2.38. The fraction of sp³-hybridized carbons (Fsp3) is 0.0625. The molecule has 2 heterocycles. The maximum Gasteiger partial charge on any atom is 0.261 e. The average Bonchev–Trinajstić information content (AvgIpc) is 3.15. The van der Waals surface area contributed by atoms with E-state index < -0.39 is 0 Å². The molecule has 0 N–H and O–H groups in total. The fourth-order valence-electron chi connectivity index (χ4n) is 1.62. The monoisotopic (exact) mass is 326 g/mol. The molecule has 0 saturated carbocycles. The summed E-state index contributed by atoms with van der Waals surface area (Å²) in [5.74, 6) is 6.60. The van der Waals surface area contributed by atoms with Crippen molar-refractivity contribution in [3.05, 3.63) is 64.6 Å². The minimum Gasteiger partial charge on any atom is -0.444 e. The first kappa shape index (κ1) is 14.6. The van der Waals surface area contributed by atoms with Gasteiger partial charge in [0.25, 0.3) is 5.12 Å². The van der Waals surface area contributed by atoms with E-state index in [0.717, 1.165) is 22.3 Å². The third-order valence-electron chi connectivity index (χ3n) is 2.60. The summed E-state index contributed by atoms with van der Waals surface area (Å²) in [4.78, 5) is 12.1. The Morgan fingerprint density at radius 3 is 2.68 bits per heavy atom. The SMILES string of the molecule is Cc1nnc(SC(=O)c2ccc(C#Cc3ccccc3)o2)s1. The molecule has 0 atom stereocenters. The molecule has 2 aromatic heterocycles. The third kappa shape index (κ3) is 3.64. The van der Waals surface area contributed by atoms with Gasteiger partial charge in [-0.05, 0) is 48.9 Å². The molecule has 0 radical (unpaired) electrons. The van der Waals surface area contributed by atoms with Gasteiger partial charge in [0.2, 0.25) is 0 Å². The molecule has 0 amide bonds. The van der Waals surface area contributed by atoms with Crippen molar-refractivity contribution in [2.24, 2.45) is 0 Å². The van der Waals surface area contributed by atoms with Crippen molar-refractivity contribution >= 4 is 28.2 Å². The highest BCUT2D eigenvalue weighted by Gasteiger charge is 2.15. The third-order valence-corrected chi connectivity index (χ3v) is 4.37. The zero-order chi connectivity index (χ0) is 15.4. The number of carbonyl (C=O) groups excluding carboxylic acids is 1. The maximum atomic E-state index is 12.1. The summed E-state index contributed by atoms with van der Waals surface area (Å²) in [7, 11) is 0. The molecule has 0 unspecified atom stereocenters. The standard InChI is InChI=1S/C16H10N2O2S2/c1-11-17-18-16(21-11)22-15(19)14-10-9-13(20-14)8-7-12-5-3-2-4-6-12/h2-6,9-10H,1H3. The van der Waals surface area contributed by atoms with Crippen LogP contribution >= 0.6 is 23.1 Å². The van der Waals surface area contributed by atoms with Gasteiger partial charge < -0.3 is 4.42 Å². The van der Waals surface area contributed by atoms with Crippen molar-refractivity contribution < 1.29 is 9.21 Å². The predicted octanol–water partition coefficient (Wildman–Crippen LogP) is 3.77. The van der Waals surface area contributed by atoms with E-state index in [4.69, 9.17) is 4.42 Å². The zero-order valence-electron chi connectivity index (χ0n) is 11.6. The van der Waals surface area contributed by atoms with Crippen LogP contribution in [0.3, 0.4) is 0 Å². The number of hydrogen-bond donors (Lipinski definition) is 0. The van der Waals surface area contributed by atoms with Crippen molar-refractivity contribution in [1.82, 2.24) is 10.2 Å². The van der Waals surface area contributed by atoms with Gasteiger partial charge in [-0.15, -0.1) is 10.2 Å². The molecule has 0 saturated heterocycles. The molecular weight excluding hydrogens is 316 g/mol. The molecule has 108 valence electrons. The number of nitrogens with zero attached hydrogens (tertiary/aromatic N) is 2. The van der Waals surface area contributed by atoms with Gasteiger partial charge in [0, 0.05) is 5.56 Å². The van der Waals surface area contributed by atoms with Crippen LogP contribution in [0, 0.1) is 18.8 Å². The summed E-state index contributed by atoms with van der Waals surface area (Å²) in [6.45, 7) is 1.84. The molecule has 3 aromatic rings. The minimum absolute atomic E-state index is 0.205. The molecular formula is C16H10N2O2S2. The molecule has 6 heteroatoms. The van der Waals surface area contributed by atoms with Gasteiger partial charge in [-0.2, -0.15) is 0 Å².